The Balaban J connectivity index is 2.50. The van der Waals surface area contributed by atoms with Crippen LogP contribution in [0.1, 0.15) is 27.2 Å². The highest BCUT2D eigenvalue weighted by Crippen LogP contribution is 2.71. The molecule has 0 saturated heterocycles. The van der Waals surface area contributed by atoms with E-state index in [1.165, 1.54) is 5.57 Å². The summed E-state index contributed by atoms with van der Waals surface area (Å²) in [6, 6.07) is 0. The van der Waals surface area contributed by atoms with Crippen molar-refractivity contribution in [1.82, 2.24) is 0 Å². The Kier molecular flexibility index (Phi) is 0.753. The quantitative estimate of drug-likeness (QED) is 0.497. The summed E-state index contributed by atoms with van der Waals surface area (Å²) in [5.74, 6) is 0.340. The van der Waals surface area contributed by atoms with Crippen LogP contribution in [-0.4, -0.2) is 5.78 Å². The Labute approximate surface area is 61.1 Å². The number of hydrogen-bond acceptors (Lipinski definition) is 1. The molecule has 54 valence electrons. The van der Waals surface area contributed by atoms with Crippen LogP contribution in [0.4, 0.5) is 0 Å². The van der Waals surface area contributed by atoms with Crippen molar-refractivity contribution in [2.75, 3.05) is 0 Å². The van der Waals surface area contributed by atoms with Gasteiger partial charge in [-0.25, -0.2) is 0 Å². The topological polar surface area (TPSA) is 17.1 Å². The van der Waals surface area contributed by atoms with Gasteiger partial charge in [-0.3, -0.25) is 4.79 Å². The molecule has 10 heavy (non-hydrogen) atoms. The van der Waals surface area contributed by atoms with Crippen molar-refractivity contribution in [3.05, 3.63) is 11.6 Å². The molecule has 0 aromatic heterocycles. The summed E-state index contributed by atoms with van der Waals surface area (Å²) in [6.45, 7) is 6.32. The van der Waals surface area contributed by atoms with E-state index in [1.54, 1.807) is 0 Å². The normalized spacial score (nSPS) is 50.7. The zero-order chi connectivity index (χ0) is 7.57. The Bertz CT molecular complexity index is 251. The van der Waals surface area contributed by atoms with Crippen LogP contribution in [0.2, 0.25) is 0 Å². The van der Waals surface area contributed by atoms with Gasteiger partial charge in [-0.15, -0.1) is 0 Å². The summed E-state index contributed by atoms with van der Waals surface area (Å²) < 4.78 is 0. The van der Waals surface area contributed by atoms with Gasteiger partial charge in [0.15, 0.2) is 5.78 Å². The fourth-order valence-corrected chi connectivity index (χ4v) is 2.11. The van der Waals surface area contributed by atoms with Crippen LogP contribution >= 0.6 is 0 Å². The standard InChI is InChI=1S/C9H12O/c1-6-4-7(10)9(3)5-8(6,9)2/h4H,5H2,1-3H3. The zero-order valence-corrected chi connectivity index (χ0v) is 6.69. The van der Waals surface area contributed by atoms with Crippen molar-refractivity contribution in [2.24, 2.45) is 10.8 Å². The van der Waals surface area contributed by atoms with Crippen molar-refractivity contribution in [3.8, 4) is 0 Å². The summed E-state index contributed by atoms with van der Waals surface area (Å²) in [6.07, 6.45) is 2.88. The number of hydrogen-bond donors (Lipinski definition) is 0. The van der Waals surface area contributed by atoms with E-state index in [-0.39, 0.29) is 10.8 Å². The van der Waals surface area contributed by atoms with Gasteiger partial charge in [0.25, 0.3) is 0 Å². The summed E-state index contributed by atoms with van der Waals surface area (Å²) in [5, 5.41) is 0. The van der Waals surface area contributed by atoms with E-state index >= 15 is 0 Å². The monoisotopic (exact) mass is 136 g/mol. The molecule has 2 aliphatic rings. The molecule has 0 bridgehead atoms. The van der Waals surface area contributed by atoms with E-state index < -0.39 is 0 Å². The predicted molar refractivity (Wildman–Crippen MR) is 39.6 cm³/mol. The molecule has 0 radical (unpaired) electrons. The number of fused-ring (bicyclic) bond motifs is 1. The summed E-state index contributed by atoms with van der Waals surface area (Å²) in [7, 11) is 0. The first-order chi connectivity index (χ1) is 4.51. The molecule has 1 fully saturated rings. The molecule has 0 aromatic rings. The van der Waals surface area contributed by atoms with Crippen molar-refractivity contribution in [1.29, 1.82) is 0 Å². The van der Waals surface area contributed by atoms with Crippen molar-refractivity contribution in [3.63, 3.8) is 0 Å². The Morgan fingerprint density at radius 1 is 1.40 bits per heavy atom. The van der Waals surface area contributed by atoms with Crippen molar-refractivity contribution >= 4 is 5.78 Å². The summed E-state index contributed by atoms with van der Waals surface area (Å²) in [4.78, 5) is 11.3. The molecule has 0 spiro atoms. The Hall–Kier alpha value is -0.590. The highest BCUT2D eigenvalue weighted by atomic mass is 16.1. The molecule has 1 heteroatoms. The van der Waals surface area contributed by atoms with Gasteiger partial charge >= 0.3 is 0 Å². The van der Waals surface area contributed by atoms with Crippen LogP contribution in [0.25, 0.3) is 0 Å². The third-order valence-electron chi connectivity index (χ3n) is 3.56. The Morgan fingerprint density at radius 2 is 2.00 bits per heavy atom. The van der Waals surface area contributed by atoms with E-state index in [1.807, 2.05) is 6.08 Å². The number of carbonyl (C=O) groups is 1. The van der Waals surface area contributed by atoms with E-state index in [0.29, 0.717) is 5.78 Å². The van der Waals surface area contributed by atoms with Crippen LogP contribution in [0.5, 0.6) is 0 Å². The van der Waals surface area contributed by atoms with E-state index in [0.717, 1.165) is 6.42 Å². The minimum atomic E-state index is -0.00289. The smallest absolute Gasteiger partial charge is 0.162 e. The minimum absolute atomic E-state index is 0.00289. The van der Waals surface area contributed by atoms with Gasteiger partial charge in [0, 0.05) is 10.8 Å². The molecule has 0 N–H and O–H groups in total. The van der Waals surface area contributed by atoms with Crippen molar-refractivity contribution < 1.29 is 4.79 Å². The maximum absolute atomic E-state index is 11.3. The highest BCUT2D eigenvalue weighted by Gasteiger charge is 2.68. The lowest BCUT2D eigenvalue weighted by molar-refractivity contribution is -0.118. The molecule has 0 amide bonds. The SMILES string of the molecule is CC1=CC(=O)C2(C)CC12C. The first-order valence-electron chi connectivity index (χ1n) is 3.74. The molecule has 2 aliphatic carbocycles. The van der Waals surface area contributed by atoms with Gasteiger partial charge in [-0.2, -0.15) is 0 Å². The molecule has 2 unspecified atom stereocenters. The predicted octanol–water partition coefficient (Wildman–Crippen LogP) is 1.93. The third-order valence-corrected chi connectivity index (χ3v) is 3.56. The summed E-state index contributed by atoms with van der Waals surface area (Å²) >= 11 is 0. The number of carbonyl (C=O) groups excluding carboxylic acids is 1. The van der Waals surface area contributed by atoms with Gasteiger partial charge in [0.05, 0.1) is 0 Å². The molecular formula is C9H12O. The molecule has 2 rings (SSSR count). The summed E-state index contributed by atoms with van der Waals surface area (Å²) in [5.41, 5.74) is 1.52. The second-order valence-corrected chi connectivity index (χ2v) is 4.03. The largest absolute Gasteiger partial charge is 0.294 e. The lowest BCUT2D eigenvalue weighted by atomic mass is 9.95. The second-order valence-electron chi connectivity index (χ2n) is 4.03. The average molecular weight is 136 g/mol. The van der Waals surface area contributed by atoms with Gasteiger partial charge in [0.2, 0.25) is 0 Å². The van der Waals surface area contributed by atoms with Crippen LogP contribution in [0, 0.1) is 10.8 Å². The first-order valence-corrected chi connectivity index (χ1v) is 3.74. The second kappa shape index (κ2) is 1.23. The van der Waals surface area contributed by atoms with Crippen molar-refractivity contribution in [2.45, 2.75) is 27.2 Å². The van der Waals surface area contributed by atoms with Gasteiger partial charge in [0.1, 0.15) is 0 Å². The van der Waals surface area contributed by atoms with Gasteiger partial charge in [-0.1, -0.05) is 19.4 Å². The van der Waals surface area contributed by atoms with Gasteiger partial charge < -0.3 is 0 Å². The van der Waals surface area contributed by atoms with E-state index in [9.17, 15) is 4.79 Å². The highest BCUT2D eigenvalue weighted by molar-refractivity contribution is 6.02. The average Bonchev–Trinajstić information content (AvgIpc) is 2.33. The maximum atomic E-state index is 11.3. The van der Waals surface area contributed by atoms with E-state index in [4.69, 9.17) is 0 Å². The molecular weight excluding hydrogens is 124 g/mol. The molecule has 0 aliphatic heterocycles. The number of rotatable bonds is 0. The first kappa shape index (κ1) is 6.14. The van der Waals surface area contributed by atoms with E-state index in [2.05, 4.69) is 20.8 Å². The van der Waals surface area contributed by atoms with Gasteiger partial charge in [-0.05, 0) is 19.4 Å². The number of ketones is 1. The fourth-order valence-electron chi connectivity index (χ4n) is 2.11. The molecule has 0 aromatic carbocycles. The molecule has 1 saturated carbocycles. The van der Waals surface area contributed by atoms with Crippen LogP contribution in [-0.2, 0) is 4.79 Å². The lowest BCUT2D eigenvalue weighted by Crippen LogP contribution is -2.09. The molecule has 2 atom stereocenters. The van der Waals surface area contributed by atoms with Crippen LogP contribution in [0.3, 0.4) is 0 Å². The third kappa shape index (κ3) is 0.377. The maximum Gasteiger partial charge on any atom is 0.162 e. The molecule has 0 heterocycles. The number of allylic oxidation sites excluding steroid dienone is 2. The minimum Gasteiger partial charge on any atom is -0.294 e. The van der Waals surface area contributed by atoms with Crippen LogP contribution in [0.15, 0.2) is 11.6 Å². The molecule has 1 nitrogen and oxygen atoms in total. The van der Waals surface area contributed by atoms with Crippen LogP contribution < -0.4 is 0 Å². The lowest BCUT2D eigenvalue weighted by Gasteiger charge is -2.07. The fraction of sp³-hybridized carbons (Fsp3) is 0.667. The Morgan fingerprint density at radius 3 is 2.10 bits per heavy atom. The zero-order valence-electron chi connectivity index (χ0n) is 6.69.